The van der Waals surface area contributed by atoms with Crippen molar-refractivity contribution < 1.29 is 28.9 Å². The SMILES string of the molecule is C=C(/C=C\C=C/C)C(OCCOCCOCCONC(O)OC(C)(C)C)(c1ccccc1)c1ccccc1. The zero-order chi connectivity index (χ0) is 27.7. The lowest BCUT2D eigenvalue weighted by atomic mass is 9.80. The van der Waals surface area contributed by atoms with Crippen molar-refractivity contribution >= 4 is 0 Å². The molecule has 0 aliphatic heterocycles. The Bertz CT molecular complexity index is 929. The Kier molecular flexibility index (Phi) is 14.2. The molecular formula is C31H43NO6. The lowest BCUT2D eigenvalue weighted by Gasteiger charge is -2.36. The average molecular weight is 526 g/mol. The molecule has 2 N–H and O–H groups in total. The number of hydrogen-bond donors (Lipinski definition) is 2. The van der Waals surface area contributed by atoms with Gasteiger partial charge in [0.2, 0.25) is 6.41 Å². The summed E-state index contributed by atoms with van der Waals surface area (Å²) in [5.74, 6) is 0. The lowest BCUT2D eigenvalue weighted by molar-refractivity contribution is -0.236. The molecule has 0 spiro atoms. The predicted octanol–water partition coefficient (Wildman–Crippen LogP) is 5.28. The van der Waals surface area contributed by atoms with Crippen LogP contribution in [0, 0.1) is 0 Å². The van der Waals surface area contributed by atoms with Crippen LogP contribution in [0.2, 0.25) is 0 Å². The zero-order valence-corrected chi connectivity index (χ0v) is 23.1. The van der Waals surface area contributed by atoms with Crippen LogP contribution in [0.15, 0.2) is 97.1 Å². The molecule has 1 unspecified atom stereocenters. The molecular weight excluding hydrogens is 482 g/mol. The van der Waals surface area contributed by atoms with Crippen molar-refractivity contribution in [3.05, 3.63) is 108 Å². The van der Waals surface area contributed by atoms with Crippen LogP contribution in [0.1, 0.15) is 38.8 Å². The molecule has 7 nitrogen and oxygen atoms in total. The van der Waals surface area contributed by atoms with Gasteiger partial charge in [0.1, 0.15) is 5.60 Å². The Morgan fingerprint density at radius 2 is 1.37 bits per heavy atom. The minimum Gasteiger partial charge on any atom is -0.377 e. The average Bonchev–Trinajstić information content (AvgIpc) is 2.89. The minimum absolute atomic E-state index is 0.257. The second kappa shape index (κ2) is 17.1. The second-order valence-electron chi connectivity index (χ2n) is 9.45. The number of ether oxygens (including phenoxy) is 4. The standard InChI is InChI=1S/C31H43NO6/c1-6-7-10-15-26(2)31(27-16-11-8-12-17-27,28-18-13-9-14-19-28)36-24-22-34-20-21-35-23-25-37-32-29(33)38-30(3,4)5/h6-19,29,32-33H,2,20-25H2,1,3-5H3/b7-6-,15-10-. The van der Waals surface area contributed by atoms with Crippen LogP contribution < -0.4 is 5.48 Å². The Morgan fingerprint density at radius 1 is 0.842 bits per heavy atom. The number of nitrogens with one attached hydrogen (secondary N) is 1. The molecule has 0 aliphatic carbocycles. The zero-order valence-electron chi connectivity index (χ0n) is 23.1. The van der Waals surface area contributed by atoms with Gasteiger partial charge >= 0.3 is 0 Å². The summed E-state index contributed by atoms with van der Waals surface area (Å²) in [6.07, 6.45) is 6.70. The predicted molar refractivity (Wildman–Crippen MR) is 150 cm³/mol. The number of aliphatic hydroxyl groups excluding tert-OH is 1. The van der Waals surface area contributed by atoms with Gasteiger partial charge in [0.25, 0.3) is 0 Å². The molecule has 2 aromatic rings. The van der Waals surface area contributed by atoms with E-state index in [0.29, 0.717) is 33.0 Å². The van der Waals surface area contributed by atoms with Crippen molar-refractivity contribution in [3.8, 4) is 0 Å². The number of hydrogen-bond acceptors (Lipinski definition) is 7. The van der Waals surface area contributed by atoms with Crippen LogP contribution in [0.3, 0.4) is 0 Å². The van der Waals surface area contributed by atoms with Crippen LogP contribution in [0.5, 0.6) is 0 Å². The molecule has 0 saturated carbocycles. The van der Waals surface area contributed by atoms with E-state index in [0.717, 1.165) is 16.7 Å². The minimum atomic E-state index is -1.20. The van der Waals surface area contributed by atoms with Gasteiger partial charge in [0, 0.05) is 0 Å². The number of allylic oxidation sites excluding steroid dienone is 3. The van der Waals surface area contributed by atoms with Gasteiger partial charge in [-0.25, -0.2) is 0 Å². The summed E-state index contributed by atoms with van der Waals surface area (Å²) in [7, 11) is 0. The van der Waals surface area contributed by atoms with E-state index in [1.54, 1.807) is 0 Å². The van der Waals surface area contributed by atoms with Crippen LogP contribution in [-0.4, -0.2) is 56.8 Å². The number of hydroxylamine groups is 1. The van der Waals surface area contributed by atoms with Gasteiger partial charge in [-0.2, -0.15) is 0 Å². The fourth-order valence-corrected chi connectivity index (χ4v) is 3.71. The van der Waals surface area contributed by atoms with Crippen molar-refractivity contribution in [1.29, 1.82) is 0 Å². The van der Waals surface area contributed by atoms with Crippen molar-refractivity contribution in [2.45, 2.75) is 45.3 Å². The van der Waals surface area contributed by atoms with Crippen molar-refractivity contribution in [1.82, 2.24) is 5.48 Å². The summed E-state index contributed by atoms with van der Waals surface area (Å²) in [5, 5.41) is 9.66. The highest BCUT2D eigenvalue weighted by molar-refractivity contribution is 5.48. The van der Waals surface area contributed by atoms with Crippen LogP contribution in [0.25, 0.3) is 0 Å². The summed E-state index contributed by atoms with van der Waals surface area (Å²) in [5.41, 5.74) is 3.89. The van der Waals surface area contributed by atoms with E-state index in [2.05, 4.69) is 36.3 Å². The first kappa shape index (κ1) is 31.6. The molecule has 0 amide bonds. The van der Waals surface area contributed by atoms with E-state index in [1.807, 2.05) is 88.4 Å². The first-order valence-corrected chi connectivity index (χ1v) is 12.9. The van der Waals surface area contributed by atoms with E-state index in [9.17, 15) is 5.11 Å². The third-order valence-corrected chi connectivity index (χ3v) is 5.31. The van der Waals surface area contributed by atoms with Gasteiger partial charge in [0.05, 0.1) is 45.2 Å². The van der Waals surface area contributed by atoms with Gasteiger partial charge in [-0.1, -0.05) is 91.5 Å². The smallest absolute Gasteiger partial charge is 0.236 e. The summed E-state index contributed by atoms with van der Waals surface area (Å²) >= 11 is 0. The van der Waals surface area contributed by atoms with Gasteiger partial charge in [0.15, 0.2) is 0 Å². The molecule has 2 aromatic carbocycles. The normalized spacial score (nSPS) is 13.4. The number of benzene rings is 2. The first-order valence-electron chi connectivity index (χ1n) is 12.9. The molecule has 0 heterocycles. The molecule has 1 atom stereocenters. The fraction of sp³-hybridized carbons (Fsp3) is 0.419. The maximum atomic E-state index is 9.66. The third kappa shape index (κ3) is 11.0. The summed E-state index contributed by atoms with van der Waals surface area (Å²) in [4.78, 5) is 5.14. The first-order chi connectivity index (χ1) is 18.3. The maximum absolute atomic E-state index is 9.66. The highest BCUT2D eigenvalue weighted by atomic mass is 16.7. The Hall–Kier alpha value is -2.62. The Labute approximate surface area is 227 Å². The monoisotopic (exact) mass is 525 g/mol. The summed E-state index contributed by atoms with van der Waals surface area (Å²) in [6.45, 7) is 14.1. The van der Waals surface area contributed by atoms with Crippen molar-refractivity contribution in [3.63, 3.8) is 0 Å². The Balaban J connectivity index is 1.86. The van der Waals surface area contributed by atoms with Gasteiger partial charge in [-0.15, -0.1) is 5.48 Å². The van der Waals surface area contributed by atoms with Gasteiger partial charge in [-0.3, -0.25) is 4.84 Å². The lowest BCUT2D eigenvalue weighted by Crippen LogP contribution is -2.38. The molecule has 0 radical (unpaired) electrons. The molecule has 7 heteroatoms. The highest BCUT2D eigenvalue weighted by Gasteiger charge is 2.37. The van der Waals surface area contributed by atoms with Crippen LogP contribution >= 0.6 is 0 Å². The topological polar surface area (TPSA) is 78.4 Å². The van der Waals surface area contributed by atoms with Gasteiger partial charge < -0.3 is 24.1 Å². The third-order valence-electron chi connectivity index (χ3n) is 5.31. The molecule has 0 bridgehead atoms. The molecule has 208 valence electrons. The van der Waals surface area contributed by atoms with Crippen LogP contribution in [-0.2, 0) is 29.4 Å². The highest BCUT2D eigenvalue weighted by Crippen LogP contribution is 2.40. The van der Waals surface area contributed by atoms with Crippen molar-refractivity contribution in [2.75, 3.05) is 39.6 Å². The molecule has 0 saturated heterocycles. The molecule has 0 aromatic heterocycles. The summed E-state index contributed by atoms with van der Waals surface area (Å²) < 4.78 is 23.1. The molecule has 38 heavy (non-hydrogen) atoms. The molecule has 2 rings (SSSR count). The largest absolute Gasteiger partial charge is 0.377 e. The number of rotatable bonds is 18. The quantitative estimate of drug-likeness (QED) is 0.119. The fourth-order valence-electron chi connectivity index (χ4n) is 3.71. The molecule has 0 aliphatic rings. The van der Waals surface area contributed by atoms with E-state index >= 15 is 0 Å². The van der Waals surface area contributed by atoms with E-state index in [-0.39, 0.29) is 6.61 Å². The summed E-state index contributed by atoms with van der Waals surface area (Å²) in [6, 6.07) is 20.2. The van der Waals surface area contributed by atoms with E-state index in [1.165, 1.54) is 0 Å². The maximum Gasteiger partial charge on any atom is 0.236 e. The molecule has 0 fully saturated rings. The van der Waals surface area contributed by atoms with Crippen LogP contribution in [0.4, 0.5) is 0 Å². The number of aliphatic hydroxyl groups is 1. The van der Waals surface area contributed by atoms with Gasteiger partial charge in [-0.05, 0) is 44.4 Å². The van der Waals surface area contributed by atoms with E-state index in [4.69, 9.17) is 23.8 Å². The Morgan fingerprint density at radius 3 is 1.89 bits per heavy atom. The van der Waals surface area contributed by atoms with Crippen molar-refractivity contribution in [2.24, 2.45) is 0 Å². The second-order valence-corrected chi connectivity index (χ2v) is 9.45. The van der Waals surface area contributed by atoms with E-state index < -0.39 is 17.6 Å².